The van der Waals surface area contributed by atoms with Crippen LogP contribution in [-0.2, 0) is 0 Å². The Morgan fingerprint density at radius 1 is 1.56 bits per heavy atom. The number of hydrogen-bond donors (Lipinski definition) is 2. The van der Waals surface area contributed by atoms with Crippen LogP contribution in [0.4, 0.5) is 4.39 Å². The zero-order valence-electron chi connectivity index (χ0n) is 10.0. The maximum atomic E-state index is 13.6. The van der Waals surface area contributed by atoms with Crippen LogP contribution in [0.2, 0.25) is 0 Å². The van der Waals surface area contributed by atoms with Gasteiger partial charge in [-0.25, -0.2) is 4.39 Å². The third-order valence-corrected chi connectivity index (χ3v) is 3.62. The first-order valence-corrected chi connectivity index (χ1v) is 6.90. The zero-order chi connectivity index (χ0) is 13.0. The van der Waals surface area contributed by atoms with Crippen LogP contribution in [0.1, 0.15) is 23.2 Å². The van der Waals surface area contributed by atoms with Crippen LogP contribution in [-0.4, -0.2) is 25.5 Å². The van der Waals surface area contributed by atoms with E-state index in [1.807, 2.05) is 0 Å². The van der Waals surface area contributed by atoms with E-state index in [-0.39, 0.29) is 11.5 Å². The fraction of sp³-hybridized carbons (Fsp3) is 0.462. The van der Waals surface area contributed by atoms with Crippen molar-refractivity contribution in [1.82, 2.24) is 10.6 Å². The molecule has 0 aromatic heterocycles. The summed E-state index contributed by atoms with van der Waals surface area (Å²) in [6.45, 7) is 2.57. The van der Waals surface area contributed by atoms with Gasteiger partial charge in [-0.05, 0) is 50.0 Å². The van der Waals surface area contributed by atoms with Gasteiger partial charge in [-0.3, -0.25) is 4.79 Å². The molecular weight excluding hydrogens is 299 g/mol. The number of halogens is 2. The minimum Gasteiger partial charge on any atom is -0.352 e. The van der Waals surface area contributed by atoms with E-state index < -0.39 is 5.82 Å². The van der Waals surface area contributed by atoms with E-state index in [4.69, 9.17) is 0 Å². The monoisotopic (exact) mass is 314 g/mol. The number of hydrogen-bond acceptors (Lipinski definition) is 2. The summed E-state index contributed by atoms with van der Waals surface area (Å²) in [6.07, 6.45) is 2.24. The molecule has 1 aliphatic heterocycles. The molecule has 0 radical (unpaired) electrons. The fourth-order valence-corrected chi connectivity index (χ4v) is 2.44. The Kier molecular flexibility index (Phi) is 4.72. The summed E-state index contributed by atoms with van der Waals surface area (Å²) in [7, 11) is 0. The highest BCUT2D eigenvalue weighted by atomic mass is 79.9. The molecule has 18 heavy (non-hydrogen) atoms. The number of carbonyl (C=O) groups excluding carboxylic acids is 1. The molecule has 1 saturated heterocycles. The average molecular weight is 315 g/mol. The summed E-state index contributed by atoms with van der Waals surface area (Å²) in [5.41, 5.74) is 0.0990. The molecule has 1 aromatic carbocycles. The Labute approximate surface area is 114 Å². The van der Waals surface area contributed by atoms with Crippen molar-refractivity contribution in [2.24, 2.45) is 5.92 Å². The molecule has 2 rings (SSSR count). The third-order valence-electron chi connectivity index (χ3n) is 3.13. The second-order valence-electron chi connectivity index (χ2n) is 4.55. The molecule has 2 N–H and O–H groups in total. The van der Waals surface area contributed by atoms with Crippen LogP contribution in [0.15, 0.2) is 22.7 Å². The lowest BCUT2D eigenvalue weighted by molar-refractivity contribution is 0.0941. The average Bonchev–Trinajstić information content (AvgIpc) is 2.37. The number of rotatable bonds is 3. The van der Waals surface area contributed by atoms with E-state index in [1.54, 1.807) is 6.07 Å². The quantitative estimate of drug-likeness (QED) is 0.899. The second kappa shape index (κ2) is 6.29. The summed E-state index contributed by atoms with van der Waals surface area (Å²) in [4.78, 5) is 11.8. The number of amides is 1. The predicted octanol–water partition coefficient (Wildman–Crippen LogP) is 2.32. The van der Waals surface area contributed by atoms with Gasteiger partial charge in [0.1, 0.15) is 5.82 Å². The molecule has 3 nitrogen and oxygen atoms in total. The summed E-state index contributed by atoms with van der Waals surface area (Å²) < 4.78 is 14.2. The molecule has 0 spiro atoms. The van der Waals surface area contributed by atoms with Gasteiger partial charge >= 0.3 is 0 Å². The van der Waals surface area contributed by atoms with E-state index in [2.05, 4.69) is 26.6 Å². The van der Waals surface area contributed by atoms with Crippen LogP contribution in [0.5, 0.6) is 0 Å². The van der Waals surface area contributed by atoms with Crippen molar-refractivity contribution in [3.63, 3.8) is 0 Å². The van der Waals surface area contributed by atoms with Gasteiger partial charge in [0, 0.05) is 11.0 Å². The molecule has 98 valence electrons. The first-order chi connectivity index (χ1) is 8.66. The molecule has 1 unspecified atom stereocenters. The topological polar surface area (TPSA) is 41.1 Å². The normalized spacial score (nSPS) is 19.6. The van der Waals surface area contributed by atoms with Crippen molar-refractivity contribution in [1.29, 1.82) is 0 Å². The van der Waals surface area contributed by atoms with Crippen molar-refractivity contribution in [3.8, 4) is 0 Å². The Hall–Kier alpha value is -0.940. The van der Waals surface area contributed by atoms with E-state index >= 15 is 0 Å². The molecule has 1 amide bonds. The van der Waals surface area contributed by atoms with Crippen molar-refractivity contribution in [2.45, 2.75) is 12.8 Å². The highest BCUT2D eigenvalue weighted by Gasteiger charge is 2.16. The Morgan fingerprint density at radius 3 is 3.06 bits per heavy atom. The van der Waals surface area contributed by atoms with E-state index in [0.29, 0.717) is 16.9 Å². The SMILES string of the molecule is O=C(NCC1CCCNC1)c1ccc(Br)cc1F. The van der Waals surface area contributed by atoms with Gasteiger partial charge in [0.15, 0.2) is 0 Å². The first-order valence-electron chi connectivity index (χ1n) is 6.11. The lowest BCUT2D eigenvalue weighted by Crippen LogP contribution is -2.38. The molecule has 1 aromatic rings. The summed E-state index contributed by atoms with van der Waals surface area (Å²) in [5, 5.41) is 6.08. The van der Waals surface area contributed by atoms with Crippen LogP contribution in [0.25, 0.3) is 0 Å². The summed E-state index contributed by atoms with van der Waals surface area (Å²) >= 11 is 3.17. The van der Waals surface area contributed by atoms with Crippen LogP contribution >= 0.6 is 15.9 Å². The van der Waals surface area contributed by atoms with Crippen molar-refractivity contribution in [3.05, 3.63) is 34.1 Å². The third kappa shape index (κ3) is 3.53. The molecular formula is C13H16BrFN2O. The molecule has 1 aliphatic rings. The highest BCUT2D eigenvalue weighted by molar-refractivity contribution is 9.10. The van der Waals surface area contributed by atoms with E-state index in [1.165, 1.54) is 12.1 Å². The Morgan fingerprint density at radius 2 is 2.39 bits per heavy atom. The van der Waals surface area contributed by atoms with Crippen LogP contribution in [0.3, 0.4) is 0 Å². The van der Waals surface area contributed by atoms with E-state index in [0.717, 1.165) is 25.9 Å². The molecule has 1 atom stereocenters. The smallest absolute Gasteiger partial charge is 0.254 e. The number of benzene rings is 1. The van der Waals surface area contributed by atoms with Crippen molar-refractivity contribution < 1.29 is 9.18 Å². The van der Waals surface area contributed by atoms with E-state index in [9.17, 15) is 9.18 Å². The Bertz CT molecular complexity index is 433. The van der Waals surface area contributed by atoms with Gasteiger partial charge in [-0.15, -0.1) is 0 Å². The lowest BCUT2D eigenvalue weighted by atomic mass is 9.99. The number of nitrogens with one attached hydrogen (secondary N) is 2. The van der Waals surface area contributed by atoms with Gasteiger partial charge in [0.2, 0.25) is 0 Å². The minimum atomic E-state index is -0.497. The predicted molar refractivity (Wildman–Crippen MR) is 72.0 cm³/mol. The van der Waals surface area contributed by atoms with Gasteiger partial charge in [0.25, 0.3) is 5.91 Å². The molecule has 5 heteroatoms. The maximum Gasteiger partial charge on any atom is 0.254 e. The molecule has 0 saturated carbocycles. The summed E-state index contributed by atoms with van der Waals surface area (Å²) in [5.74, 6) is -0.393. The second-order valence-corrected chi connectivity index (χ2v) is 5.46. The molecule has 0 bridgehead atoms. The van der Waals surface area contributed by atoms with Gasteiger partial charge in [-0.2, -0.15) is 0 Å². The van der Waals surface area contributed by atoms with Crippen LogP contribution in [0, 0.1) is 11.7 Å². The standard InChI is InChI=1S/C13H16BrFN2O/c14-10-3-4-11(12(15)6-10)13(18)17-8-9-2-1-5-16-7-9/h3-4,6,9,16H,1-2,5,7-8H2,(H,17,18). The first kappa shape index (κ1) is 13.5. The van der Waals surface area contributed by atoms with Gasteiger partial charge in [0.05, 0.1) is 5.56 Å². The molecule has 1 heterocycles. The molecule has 1 fully saturated rings. The fourth-order valence-electron chi connectivity index (χ4n) is 2.10. The minimum absolute atomic E-state index is 0.0990. The largest absolute Gasteiger partial charge is 0.352 e. The van der Waals surface area contributed by atoms with Crippen molar-refractivity contribution in [2.75, 3.05) is 19.6 Å². The highest BCUT2D eigenvalue weighted by Crippen LogP contribution is 2.15. The van der Waals surface area contributed by atoms with Gasteiger partial charge < -0.3 is 10.6 Å². The molecule has 0 aliphatic carbocycles. The van der Waals surface area contributed by atoms with Crippen molar-refractivity contribution >= 4 is 21.8 Å². The lowest BCUT2D eigenvalue weighted by Gasteiger charge is -2.22. The number of carbonyl (C=O) groups is 1. The Balaban J connectivity index is 1.90. The maximum absolute atomic E-state index is 13.6. The van der Waals surface area contributed by atoms with Crippen LogP contribution < -0.4 is 10.6 Å². The van der Waals surface area contributed by atoms with Gasteiger partial charge in [-0.1, -0.05) is 15.9 Å². The zero-order valence-corrected chi connectivity index (χ0v) is 11.6. The number of piperidine rings is 1. The summed E-state index contributed by atoms with van der Waals surface area (Å²) in [6, 6.07) is 4.46.